The summed E-state index contributed by atoms with van der Waals surface area (Å²) in [6.07, 6.45) is 26.1. The molecule has 0 amide bonds. The Hall–Kier alpha value is -3.31. The van der Waals surface area contributed by atoms with E-state index in [4.69, 9.17) is 46.9 Å². The van der Waals surface area contributed by atoms with Crippen LogP contribution >= 0.6 is 7.82 Å². The molecule has 18 atom stereocenters. The summed E-state index contributed by atoms with van der Waals surface area (Å²) in [6.45, 7) is 5.50. The highest BCUT2D eigenvalue weighted by Gasteiger charge is 2.60. The second-order valence-electron chi connectivity index (χ2n) is 31.7. The molecule has 0 aromatic carbocycles. The molecule has 1 aliphatic carbocycles. The largest absolute Gasteiger partial charge is 0.472 e. The Morgan fingerprint density at radius 2 is 0.664 bits per heavy atom. The van der Waals surface area contributed by atoms with E-state index in [1.807, 2.05) is 0 Å². The molecule has 0 aromatic rings. The smallest absolute Gasteiger partial charge is 0.463 e. The normalized spacial score (nSPS) is 25.6. The number of hydrogen-bond donors (Lipinski definition) is 10. The van der Waals surface area contributed by atoms with Crippen molar-refractivity contribution < 1.29 is 122 Å². The number of carbonyl (C=O) groups is 4. The highest BCUT2D eigenvalue weighted by atomic mass is 31.2. The minimum Gasteiger partial charge on any atom is -0.463 e. The van der Waals surface area contributed by atoms with Crippen molar-refractivity contribution in [2.75, 3.05) is 26.4 Å². The highest BCUT2D eigenvalue weighted by Crippen LogP contribution is 2.49. The van der Waals surface area contributed by atoms with E-state index in [0.717, 1.165) is 116 Å². The van der Waals surface area contributed by atoms with E-state index in [2.05, 4.69) is 64.2 Å². The van der Waals surface area contributed by atoms with Gasteiger partial charge in [-0.25, -0.2) is 4.57 Å². The van der Waals surface area contributed by atoms with E-state index in [0.29, 0.717) is 38.5 Å². The average Bonchev–Trinajstić information content (AvgIpc) is 0.758. The highest BCUT2D eigenvalue weighted by molar-refractivity contribution is 7.47. The molecule has 660 valence electrons. The maximum absolute atomic E-state index is 14.9. The maximum atomic E-state index is 14.9. The van der Waals surface area contributed by atoms with Gasteiger partial charge in [0, 0.05) is 25.7 Å². The lowest BCUT2D eigenvalue weighted by molar-refractivity contribution is -0.360. The number of phosphoric acid groups is 1. The molecule has 113 heavy (non-hydrogen) atoms. The Morgan fingerprint density at radius 3 is 1.06 bits per heavy atom. The summed E-state index contributed by atoms with van der Waals surface area (Å²) < 4.78 is 73.1. The molecular weight excluding hydrogens is 1480 g/mol. The van der Waals surface area contributed by atoms with Gasteiger partial charge in [-0.2, -0.15) is 0 Å². The lowest BCUT2D eigenvalue weighted by atomic mass is 9.84. The van der Waals surface area contributed by atoms with Crippen LogP contribution in [0.15, 0.2) is 36.5 Å². The van der Waals surface area contributed by atoms with Crippen LogP contribution in [0.4, 0.5) is 0 Å². The first kappa shape index (κ1) is 104. The van der Waals surface area contributed by atoms with Crippen LogP contribution in [0.25, 0.3) is 0 Å². The molecule has 3 rings (SSSR count). The number of hydrogen-bond acceptors (Lipinski definition) is 24. The predicted molar refractivity (Wildman–Crippen MR) is 435 cm³/mol. The monoisotopic (exact) mass is 1630 g/mol. The van der Waals surface area contributed by atoms with Crippen LogP contribution in [-0.2, 0) is 70.7 Å². The first-order valence-electron chi connectivity index (χ1n) is 44.7. The molecule has 0 aromatic heterocycles. The number of esters is 4. The third kappa shape index (κ3) is 47.3. The Bertz CT molecular complexity index is 2510. The van der Waals surface area contributed by atoms with Gasteiger partial charge in [0.1, 0.15) is 92.6 Å². The lowest BCUT2D eigenvalue weighted by Crippen LogP contribution is -2.70. The summed E-state index contributed by atoms with van der Waals surface area (Å²) in [6, 6.07) is 0. The van der Waals surface area contributed by atoms with Crippen LogP contribution in [0.1, 0.15) is 362 Å². The van der Waals surface area contributed by atoms with Gasteiger partial charge < -0.3 is 88.7 Å². The molecule has 25 nitrogen and oxygen atoms in total. The standard InChI is InChI=1S/C87H157O25P/c1-5-9-13-17-21-25-29-33-34-38-42-45-49-53-57-61-72(91)106-67(64-103-70(89)59-55-51-47-43-39-35-30-26-22-18-14-10-6-2)65-105-113(101,102)112-85-83(110-86-80(99)76(95)74(93)68(63-88)107-86)79(98)78(97)82(109-73(92)62-58-54-50-46-41-37-32-28-24-20-16-12-8-4)84(85)111-87-81(100)77(96)75(94)69(108-87)66-104-71(90)60-56-52-48-44-40-36-31-27-23-19-15-11-7-3/h35-37,39-41,67-69,74-88,93-100H,5-34,38,42-66H2,1-4H3,(H,101,102)/b39-35-,40-36-,41-37-. The number of carbonyl (C=O) groups excluding carboxylic acids is 4. The number of rotatable bonds is 71. The van der Waals surface area contributed by atoms with Crippen molar-refractivity contribution in [1.29, 1.82) is 0 Å². The molecule has 26 heteroatoms. The molecule has 3 aliphatic rings. The van der Waals surface area contributed by atoms with Crippen LogP contribution in [-0.4, -0.2) is 205 Å². The van der Waals surface area contributed by atoms with E-state index in [1.54, 1.807) is 0 Å². The van der Waals surface area contributed by atoms with Crippen LogP contribution < -0.4 is 0 Å². The second-order valence-corrected chi connectivity index (χ2v) is 33.1. The molecule has 18 unspecified atom stereocenters. The third-order valence-corrected chi connectivity index (χ3v) is 22.6. The zero-order chi connectivity index (χ0) is 82.5. The summed E-state index contributed by atoms with van der Waals surface area (Å²) in [7, 11) is -5.81. The molecule has 3 fully saturated rings. The molecular formula is C87H157O25P. The fraction of sp³-hybridized carbons (Fsp3) is 0.885. The van der Waals surface area contributed by atoms with Gasteiger partial charge in [0.05, 0.1) is 13.2 Å². The van der Waals surface area contributed by atoms with E-state index < -0.39 is 162 Å². The Morgan fingerprint density at radius 1 is 0.345 bits per heavy atom. The van der Waals surface area contributed by atoms with Gasteiger partial charge in [0.2, 0.25) is 0 Å². The number of ether oxygens (including phenoxy) is 8. The molecule has 2 saturated heterocycles. The van der Waals surface area contributed by atoms with Gasteiger partial charge in [-0.15, -0.1) is 0 Å². The third-order valence-electron chi connectivity index (χ3n) is 21.6. The van der Waals surface area contributed by atoms with Gasteiger partial charge >= 0.3 is 31.7 Å². The fourth-order valence-corrected chi connectivity index (χ4v) is 15.4. The topological polar surface area (TPSA) is 380 Å². The molecule has 0 spiro atoms. The van der Waals surface area contributed by atoms with Crippen LogP contribution in [0, 0.1) is 0 Å². The summed E-state index contributed by atoms with van der Waals surface area (Å²) >= 11 is 0. The minimum atomic E-state index is -5.81. The Labute approximate surface area is 678 Å². The molecule has 2 heterocycles. The van der Waals surface area contributed by atoms with Crippen LogP contribution in [0.5, 0.6) is 0 Å². The van der Waals surface area contributed by atoms with E-state index in [-0.39, 0.29) is 32.1 Å². The van der Waals surface area contributed by atoms with E-state index in [1.165, 1.54) is 148 Å². The van der Waals surface area contributed by atoms with Crippen molar-refractivity contribution in [3.05, 3.63) is 36.5 Å². The van der Waals surface area contributed by atoms with E-state index in [9.17, 15) is 74.6 Å². The second kappa shape index (κ2) is 66.5. The molecule has 2 aliphatic heterocycles. The number of aliphatic hydroxyl groups is 9. The van der Waals surface area contributed by atoms with Crippen molar-refractivity contribution in [3.63, 3.8) is 0 Å². The predicted octanol–water partition coefficient (Wildman–Crippen LogP) is 15.5. The molecule has 0 radical (unpaired) electrons. The van der Waals surface area contributed by atoms with Gasteiger partial charge in [-0.1, -0.05) is 270 Å². The van der Waals surface area contributed by atoms with Crippen LogP contribution in [0.2, 0.25) is 0 Å². The van der Waals surface area contributed by atoms with Crippen molar-refractivity contribution in [2.45, 2.75) is 466 Å². The van der Waals surface area contributed by atoms with Gasteiger partial charge in [0.15, 0.2) is 24.8 Å². The zero-order valence-electron chi connectivity index (χ0n) is 69.9. The molecule has 0 bridgehead atoms. The SMILES string of the molecule is CCCCCCCC/C=C\CCCCCC(=O)OCC(COP(=O)(O)OC1C(OC2OC(CO)C(O)C(O)C2O)C(O)C(O)C(OC(=O)CCCCC/C=C\CCCCCCCC)C1OC1OC(COC(=O)CCCCC/C=C\CCCCCCCC)C(O)C(O)C1O)OC(=O)CCCCCCCCCCCCCCCCC. The number of phosphoric ester groups is 1. The van der Waals surface area contributed by atoms with Gasteiger partial charge in [0.25, 0.3) is 0 Å². The number of unbranched alkanes of at least 4 members (excludes halogenated alkanes) is 41. The summed E-state index contributed by atoms with van der Waals surface area (Å²) in [4.78, 5) is 66.2. The van der Waals surface area contributed by atoms with Crippen molar-refractivity contribution in [2.24, 2.45) is 0 Å². The first-order chi connectivity index (χ1) is 54.7. The van der Waals surface area contributed by atoms with E-state index >= 15 is 0 Å². The van der Waals surface area contributed by atoms with Crippen molar-refractivity contribution in [3.8, 4) is 0 Å². The van der Waals surface area contributed by atoms with Gasteiger partial charge in [-0.05, 0) is 103 Å². The van der Waals surface area contributed by atoms with Crippen molar-refractivity contribution in [1.82, 2.24) is 0 Å². The fourth-order valence-electron chi connectivity index (χ4n) is 14.4. The quantitative estimate of drug-likeness (QED) is 0.00889. The Balaban J connectivity index is 1.95. The molecule has 1 saturated carbocycles. The lowest BCUT2D eigenvalue weighted by Gasteiger charge is -2.50. The van der Waals surface area contributed by atoms with Crippen molar-refractivity contribution >= 4 is 31.7 Å². The maximum Gasteiger partial charge on any atom is 0.472 e. The first-order valence-corrected chi connectivity index (χ1v) is 46.2. The summed E-state index contributed by atoms with van der Waals surface area (Å²) in [5, 5.41) is 102. The number of aliphatic hydroxyl groups excluding tert-OH is 9. The van der Waals surface area contributed by atoms with Crippen LogP contribution in [0.3, 0.4) is 0 Å². The average molecular weight is 1630 g/mol. The number of allylic oxidation sites excluding steroid dienone is 6. The summed E-state index contributed by atoms with van der Waals surface area (Å²) in [5.74, 6) is -3.03. The molecule has 10 N–H and O–H groups in total. The summed E-state index contributed by atoms with van der Waals surface area (Å²) in [5.41, 5.74) is 0. The zero-order valence-corrected chi connectivity index (χ0v) is 70.8. The van der Waals surface area contributed by atoms with Gasteiger partial charge in [-0.3, -0.25) is 28.2 Å². The Kier molecular flexibility index (Phi) is 61.1. The minimum absolute atomic E-state index is 0.00895.